The number of hydrogen-bond acceptors (Lipinski definition) is 3. The fourth-order valence-electron chi connectivity index (χ4n) is 9.02. The Morgan fingerprint density at radius 3 is 2.21 bits per heavy atom. The molecular formula is C51H35N5O. The van der Waals surface area contributed by atoms with Crippen molar-refractivity contribution in [1.29, 1.82) is 0 Å². The van der Waals surface area contributed by atoms with Crippen LogP contribution in [-0.2, 0) is 0 Å². The van der Waals surface area contributed by atoms with Crippen molar-refractivity contribution in [3.05, 3.63) is 169 Å². The van der Waals surface area contributed by atoms with Crippen molar-refractivity contribution in [2.24, 2.45) is 0 Å². The van der Waals surface area contributed by atoms with Crippen molar-refractivity contribution in [2.75, 3.05) is 0 Å². The van der Waals surface area contributed by atoms with Crippen LogP contribution in [0.2, 0.25) is 0 Å². The van der Waals surface area contributed by atoms with Gasteiger partial charge in [-0.3, -0.25) is 9.13 Å². The first-order valence-electron chi connectivity index (χ1n) is 19.5. The summed E-state index contributed by atoms with van der Waals surface area (Å²) >= 11 is 0. The van der Waals surface area contributed by atoms with Crippen molar-refractivity contribution in [3.63, 3.8) is 0 Å². The van der Waals surface area contributed by atoms with Crippen LogP contribution in [0.25, 0.3) is 111 Å². The van der Waals surface area contributed by atoms with E-state index < -0.39 is 0 Å². The fraction of sp³-hybridized carbons (Fsp3) is 0.0588. The molecule has 0 spiro atoms. The number of para-hydroxylation sites is 5. The van der Waals surface area contributed by atoms with Crippen LogP contribution >= 0.6 is 0 Å². The second-order valence-corrected chi connectivity index (χ2v) is 15.3. The molecule has 12 rings (SSSR count). The van der Waals surface area contributed by atoms with E-state index in [1.807, 2.05) is 12.3 Å². The molecule has 0 atom stereocenters. The summed E-state index contributed by atoms with van der Waals surface area (Å²) in [5.74, 6) is 2.17. The molecule has 5 heterocycles. The van der Waals surface area contributed by atoms with Crippen LogP contribution < -0.4 is 0 Å². The zero-order valence-electron chi connectivity index (χ0n) is 31.4. The summed E-state index contributed by atoms with van der Waals surface area (Å²) in [6.45, 7) is 4.45. The lowest BCUT2D eigenvalue weighted by Gasteiger charge is -2.12. The highest BCUT2D eigenvalue weighted by atomic mass is 16.3. The molecule has 0 saturated carbocycles. The van der Waals surface area contributed by atoms with Gasteiger partial charge in [0.25, 0.3) is 0 Å². The molecule has 0 aliphatic rings. The predicted molar refractivity (Wildman–Crippen MR) is 235 cm³/mol. The van der Waals surface area contributed by atoms with E-state index in [0.717, 1.165) is 99.8 Å². The molecule has 0 aliphatic heterocycles. The Balaban J connectivity index is 1.16. The number of pyridine rings is 1. The zero-order valence-corrected chi connectivity index (χ0v) is 31.4. The monoisotopic (exact) mass is 733 g/mol. The molecule has 270 valence electrons. The third kappa shape index (κ3) is 4.64. The summed E-state index contributed by atoms with van der Waals surface area (Å²) in [5, 5.41) is 6.73. The van der Waals surface area contributed by atoms with Crippen molar-refractivity contribution in [1.82, 2.24) is 24.1 Å². The lowest BCUT2D eigenvalue weighted by molar-refractivity contribution is 0.673. The van der Waals surface area contributed by atoms with E-state index in [0.29, 0.717) is 5.92 Å². The lowest BCUT2D eigenvalue weighted by Crippen LogP contribution is -1.99. The Morgan fingerprint density at radius 2 is 1.33 bits per heavy atom. The van der Waals surface area contributed by atoms with Crippen LogP contribution in [0.5, 0.6) is 0 Å². The maximum absolute atomic E-state index is 6.64. The van der Waals surface area contributed by atoms with Gasteiger partial charge >= 0.3 is 0 Å². The normalized spacial score (nSPS) is 12.2. The molecule has 7 aromatic carbocycles. The minimum absolute atomic E-state index is 0.389. The molecule has 6 heteroatoms. The summed E-state index contributed by atoms with van der Waals surface area (Å²) in [5.41, 5.74) is 13.5. The molecule has 1 N–H and O–H groups in total. The zero-order chi connectivity index (χ0) is 37.8. The Hall–Kier alpha value is -7.44. The van der Waals surface area contributed by atoms with E-state index >= 15 is 0 Å². The molecule has 0 bridgehead atoms. The average Bonchev–Trinajstić information content (AvgIpc) is 4.02. The van der Waals surface area contributed by atoms with Gasteiger partial charge in [-0.05, 0) is 77.7 Å². The number of benzene rings is 7. The summed E-state index contributed by atoms with van der Waals surface area (Å²) < 4.78 is 11.3. The standard InChI is InChI=1S/C51H35N5O/c1-30(2)31-25-26-52-46(28-31)56-42-20-10-7-15-35(42)36-24-23-32(27-44(36)56)34-18-12-21-43-48(34)54-51(55(43)33-13-4-3-5-14-33)40-29-39-37-16-8-11-22-45(37)57-50(39)47-38-17-6-9-19-41(38)53-49(40)47/h3-30,53H,1-2H3. The Labute approximate surface area is 327 Å². The van der Waals surface area contributed by atoms with Gasteiger partial charge in [0.2, 0.25) is 0 Å². The van der Waals surface area contributed by atoms with E-state index in [1.54, 1.807) is 0 Å². The molecule has 0 saturated heterocycles. The quantitative estimate of drug-likeness (QED) is 0.192. The Kier molecular flexibility index (Phi) is 6.72. The summed E-state index contributed by atoms with van der Waals surface area (Å²) in [6.07, 6.45) is 1.93. The first-order chi connectivity index (χ1) is 28.1. The molecule has 0 radical (unpaired) electrons. The predicted octanol–water partition coefficient (Wildman–Crippen LogP) is 13.5. The highest BCUT2D eigenvalue weighted by molar-refractivity contribution is 6.26. The van der Waals surface area contributed by atoms with Gasteiger partial charge in [-0.15, -0.1) is 0 Å². The van der Waals surface area contributed by atoms with E-state index in [-0.39, 0.29) is 0 Å². The molecule has 6 nitrogen and oxygen atoms in total. The van der Waals surface area contributed by atoms with Crippen molar-refractivity contribution in [3.8, 4) is 34.0 Å². The maximum Gasteiger partial charge on any atom is 0.147 e. The van der Waals surface area contributed by atoms with Crippen LogP contribution in [0.3, 0.4) is 0 Å². The molecule has 0 aliphatic carbocycles. The highest BCUT2D eigenvalue weighted by Gasteiger charge is 2.25. The van der Waals surface area contributed by atoms with Gasteiger partial charge in [-0.25, -0.2) is 9.97 Å². The van der Waals surface area contributed by atoms with E-state index in [2.05, 4.69) is 180 Å². The lowest BCUT2D eigenvalue weighted by atomic mass is 10.0. The van der Waals surface area contributed by atoms with Crippen LogP contribution in [0.4, 0.5) is 0 Å². The maximum atomic E-state index is 6.64. The fourth-order valence-corrected chi connectivity index (χ4v) is 9.02. The van der Waals surface area contributed by atoms with Crippen LogP contribution in [0.1, 0.15) is 25.3 Å². The topological polar surface area (TPSA) is 64.6 Å². The van der Waals surface area contributed by atoms with Gasteiger partial charge in [0.15, 0.2) is 0 Å². The number of rotatable bonds is 5. The SMILES string of the molecule is CC(C)c1ccnc(-n2c3ccccc3c3ccc(-c4cccc5c4nc(-c4cc6c7ccccc7oc6c6c4[nH]c4ccccc46)n5-c4ccccc4)cc32)c1. The van der Waals surface area contributed by atoms with Crippen LogP contribution in [0, 0.1) is 0 Å². The molecule has 0 unspecified atom stereocenters. The highest BCUT2D eigenvalue weighted by Crippen LogP contribution is 2.45. The number of aromatic nitrogens is 5. The Morgan fingerprint density at radius 1 is 0.579 bits per heavy atom. The molecule has 0 fully saturated rings. The number of aromatic amines is 1. The first-order valence-corrected chi connectivity index (χ1v) is 19.5. The van der Waals surface area contributed by atoms with Gasteiger partial charge in [-0.2, -0.15) is 0 Å². The second-order valence-electron chi connectivity index (χ2n) is 15.3. The van der Waals surface area contributed by atoms with Gasteiger partial charge in [0, 0.05) is 55.5 Å². The summed E-state index contributed by atoms with van der Waals surface area (Å²) in [6, 6.07) is 55.9. The minimum atomic E-state index is 0.389. The van der Waals surface area contributed by atoms with Gasteiger partial charge in [-0.1, -0.05) is 111 Å². The number of H-pyrrole nitrogens is 1. The van der Waals surface area contributed by atoms with E-state index in [9.17, 15) is 0 Å². The van der Waals surface area contributed by atoms with E-state index in [1.165, 1.54) is 16.3 Å². The number of imidazole rings is 1. The third-order valence-corrected chi connectivity index (χ3v) is 11.7. The van der Waals surface area contributed by atoms with Gasteiger partial charge in [0.1, 0.15) is 22.8 Å². The summed E-state index contributed by atoms with van der Waals surface area (Å²) in [7, 11) is 0. The van der Waals surface area contributed by atoms with E-state index in [4.69, 9.17) is 14.4 Å². The second kappa shape index (κ2) is 12.0. The van der Waals surface area contributed by atoms with Gasteiger partial charge in [0.05, 0.1) is 33.0 Å². The third-order valence-electron chi connectivity index (χ3n) is 11.7. The Bertz CT molecular complexity index is 3560. The molecular weight excluding hydrogens is 699 g/mol. The first kappa shape index (κ1) is 31.9. The number of nitrogens with zero attached hydrogens (tertiary/aromatic N) is 4. The number of fused-ring (bicyclic) bond motifs is 11. The largest absolute Gasteiger partial charge is 0.455 e. The van der Waals surface area contributed by atoms with Gasteiger partial charge < -0.3 is 9.40 Å². The molecule has 0 amide bonds. The molecule has 5 aromatic heterocycles. The smallest absolute Gasteiger partial charge is 0.147 e. The number of nitrogens with one attached hydrogen (secondary N) is 1. The molecule has 57 heavy (non-hydrogen) atoms. The van der Waals surface area contributed by atoms with Crippen molar-refractivity contribution >= 4 is 76.6 Å². The minimum Gasteiger partial charge on any atom is -0.455 e. The number of hydrogen-bond donors (Lipinski definition) is 1. The van der Waals surface area contributed by atoms with Crippen molar-refractivity contribution < 1.29 is 4.42 Å². The van der Waals surface area contributed by atoms with Crippen LogP contribution in [-0.4, -0.2) is 24.1 Å². The average molecular weight is 734 g/mol. The summed E-state index contributed by atoms with van der Waals surface area (Å²) in [4.78, 5) is 14.4. The number of furan rings is 1. The van der Waals surface area contributed by atoms with Crippen molar-refractivity contribution in [2.45, 2.75) is 19.8 Å². The molecule has 12 aromatic rings. The van der Waals surface area contributed by atoms with Crippen LogP contribution in [0.15, 0.2) is 168 Å².